The fourth-order valence-corrected chi connectivity index (χ4v) is 3.07. The number of nitrogens with zero attached hydrogens (tertiary/aromatic N) is 1. The standard InChI is InChI=1S/C19H18F3NO2/c1-11-3-13(7-16(5-11)19(20,21)22)14-4-12(2)6-17(8-14)23-9-15(10-23)18(24)25/h3-8,15H,9-10H2,1-2H3,(H,24,25). The van der Waals surface area contributed by atoms with Crippen molar-refractivity contribution >= 4 is 11.7 Å². The maximum atomic E-state index is 13.1. The monoisotopic (exact) mass is 349 g/mol. The Morgan fingerprint density at radius 1 is 1.00 bits per heavy atom. The minimum atomic E-state index is -4.39. The topological polar surface area (TPSA) is 40.5 Å². The summed E-state index contributed by atoms with van der Waals surface area (Å²) in [5.74, 6) is -1.21. The van der Waals surface area contributed by atoms with Crippen LogP contribution in [0.2, 0.25) is 0 Å². The van der Waals surface area contributed by atoms with E-state index < -0.39 is 17.7 Å². The van der Waals surface area contributed by atoms with E-state index in [1.165, 1.54) is 0 Å². The number of carbonyl (C=O) groups is 1. The van der Waals surface area contributed by atoms with Gasteiger partial charge in [-0.2, -0.15) is 13.2 Å². The van der Waals surface area contributed by atoms with Crippen molar-refractivity contribution in [3.63, 3.8) is 0 Å². The number of hydrogen-bond acceptors (Lipinski definition) is 2. The van der Waals surface area contributed by atoms with Gasteiger partial charge in [0.1, 0.15) is 0 Å². The first kappa shape index (κ1) is 17.3. The first-order valence-electron chi connectivity index (χ1n) is 7.92. The average Bonchev–Trinajstić information content (AvgIpc) is 2.43. The van der Waals surface area contributed by atoms with Gasteiger partial charge < -0.3 is 10.0 Å². The molecule has 132 valence electrons. The fraction of sp³-hybridized carbons (Fsp3) is 0.316. The lowest BCUT2D eigenvalue weighted by atomic mass is 9.95. The van der Waals surface area contributed by atoms with Gasteiger partial charge in [-0.1, -0.05) is 12.1 Å². The lowest BCUT2D eigenvalue weighted by Crippen LogP contribution is -2.50. The van der Waals surface area contributed by atoms with E-state index in [0.717, 1.165) is 23.4 Å². The number of carboxylic acid groups (broad SMARTS) is 1. The first-order chi connectivity index (χ1) is 11.6. The second kappa shape index (κ2) is 6.10. The lowest BCUT2D eigenvalue weighted by Gasteiger charge is -2.39. The van der Waals surface area contributed by atoms with Gasteiger partial charge in [-0.3, -0.25) is 4.79 Å². The highest BCUT2D eigenvalue weighted by Gasteiger charge is 2.33. The van der Waals surface area contributed by atoms with E-state index in [4.69, 9.17) is 5.11 Å². The number of carboxylic acids is 1. The molecular weight excluding hydrogens is 331 g/mol. The molecule has 0 bridgehead atoms. The Morgan fingerprint density at radius 3 is 2.12 bits per heavy atom. The van der Waals surface area contributed by atoms with Crippen molar-refractivity contribution in [1.29, 1.82) is 0 Å². The number of anilines is 1. The van der Waals surface area contributed by atoms with Gasteiger partial charge in [-0.25, -0.2) is 0 Å². The molecule has 0 saturated carbocycles. The molecule has 1 fully saturated rings. The predicted octanol–water partition coefficient (Wildman–Crippen LogP) is 4.51. The molecule has 1 saturated heterocycles. The maximum Gasteiger partial charge on any atom is 0.416 e. The number of aryl methyl sites for hydroxylation is 2. The van der Waals surface area contributed by atoms with Crippen molar-refractivity contribution < 1.29 is 23.1 Å². The number of rotatable bonds is 3. The third kappa shape index (κ3) is 3.62. The fourth-order valence-electron chi connectivity index (χ4n) is 3.07. The molecule has 1 aliphatic rings. The van der Waals surface area contributed by atoms with Crippen LogP contribution in [0.1, 0.15) is 16.7 Å². The van der Waals surface area contributed by atoms with E-state index in [1.54, 1.807) is 13.0 Å². The van der Waals surface area contributed by atoms with E-state index >= 15 is 0 Å². The Balaban J connectivity index is 1.96. The van der Waals surface area contributed by atoms with Gasteiger partial charge in [-0.15, -0.1) is 0 Å². The second-order valence-corrected chi connectivity index (χ2v) is 6.58. The molecule has 25 heavy (non-hydrogen) atoms. The molecule has 1 N–H and O–H groups in total. The third-order valence-corrected chi connectivity index (χ3v) is 4.40. The zero-order valence-corrected chi connectivity index (χ0v) is 13.9. The minimum Gasteiger partial charge on any atom is -0.481 e. The maximum absolute atomic E-state index is 13.1. The van der Waals surface area contributed by atoms with Crippen LogP contribution in [0.5, 0.6) is 0 Å². The molecule has 3 nitrogen and oxygen atoms in total. The summed E-state index contributed by atoms with van der Waals surface area (Å²) in [5, 5.41) is 8.99. The SMILES string of the molecule is Cc1cc(-c2cc(C)cc(C(F)(F)F)c2)cc(N2CC(C(=O)O)C2)c1. The van der Waals surface area contributed by atoms with E-state index in [-0.39, 0.29) is 5.92 Å². The van der Waals surface area contributed by atoms with Crippen LogP contribution in [-0.2, 0) is 11.0 Å². The molecule has 0 radical (unpaired) electrons. The Bertz CT molecular complexity index is 824. The Kier molecular flexibility index (Phi) is 4.22. The van der Waals surface area contributed by atoms with Gasteiger partial charge in [0.2, 0.25) is 0 Å². The Morgan fingerprint density at radius 2 is 1.56 bits per heavy atom. The summed E-state index contributed by atoms with van der Waals surface area (Å²) in [6, 6.07) is 9.59. The van der Waals surface area contributed by atoms with Crippen LogP contribution in [0, 0.1) is 19.8 Å². The minimum absolute atomic E-state index is 0.389. The highest BCUT2D eigenvalue weighted by Crippen LogP contribution is 2.35. The van der Waals surface area contributed by atoms with Crippen LogP contribution in [0.4, 0.5) is 18.9 Å². The zero-order valence-electron chi connectivity index (χ0n) is 13.9. The van der Waals surface area contributed by atoms with Crippen LogP contribution < -0.4 is 4.90 Å². The Hall–Kier alpha value is -2.50. The molecule has 2 aromatic carbocycles. The van der Waals surface area contributed by atoms with Crippen LogP contribution in [0.25, 0.3) is 11.1 Å². The van der Waals surface area contributed by atoms with Gasteiger partial charge in [0.25, 0.3) is 0 Å². The zero-order chi connectivity index (χ0) is 18.4. The third-order valence-electron chi connectivity index (χ3n) is 4.40. The number of alkyl halides is 3. The molecule has 0 unspecified atom stereocenters. The van der Waals surface area contributed by atoms with Crippen LogP contribution >= 0.6 is 0 Å². The molecular formula is C19H18F3NO2. The van der Waals surface area contributed by atoms with Crippen molar-refractivity contribution in [3.8, 4) is 11.1 Å². The summed E-state index contributed by atoms with van der Waals surface area (Å²) in [6.45, 7) is 4.35. The molecule has 6 heteroatoms. The average molecular weight is 349 g/mol. The first-order valence-corrected chi connectivity index (χ1v) is 7.92. The quantitative estimate of drug-likeness (QED) is 0.886. The van der Waals surface area contributed by atoms with Crippen molar-refractivity contribution in [2.24, 2.45) is 5.92 Å². The molecule has 0 amide bonds. The van der Waals surface area contributed by atoms with E-state index in [9.17, 15) is 18.0 Å². The molecule has 0 atom stereocenters. The lowest BCUT2D eigenvalue weighted by molar-refractivity contribution is -0.142. The largest absolute Gasteiger partial charge is 0.481 e. The molecule has 3 rings (SSSR count). The van der Waals surface area contributed by atoms with E-state index in [2.05, 4.69) is 0 Å². The van der Waals surface area contributed by atoms with Gasteiger partial charge in [-0.05, 0) is 60.4 Å². The van der Waals surface area contributed by atoms with E-state index in [0.29, 0.717) is 29.8 Å². The smallest absolute Gasteiger partial charge is 0.416 e. The predicted molar refractivity (Wildman–Crippen MR) is 89.7 cm³/mol. The highest BCUT2D eigenvalue weighted by molar-refractivity contribution is 5.76. The molecule has 1 aliphatic heterocycles. The molecule has 2 aromatic rings. The van der Waals surface area contributed by atoms with Crippen molar-refractivity contribution in [2.45, 2.75) is 20.0 Å². The number of benzene rings is 2. The summed E-state index contributed by atoms with van der Waals surface area (Å²) >= 11 is 0. The summed E-state index contributed by atoms with van der Waals surface area (Å²) < 4.78 is 39.2. The van der Waals surface area contributed by atoms with Crippen molar-refractivity contribution in [2.75, 3.05) is 18.0 Å². The van der Waals surface area contributed by atoms with Gasteiger partial charge in [0, 0.05) is 18.8 Å². The van der Waals surface area contributed by atoms with Crippen LogP contribution in [0.3, 0.4) is 0 Å². The van der Waals surface area contributed by atoms with Gasteiger partial charge in [0.15, 0.2) is 0 Å². The number of hydrogen-bond donors (Lipinski definition) is 1. The van der Waals surface area contributed by atoms with Crippen molar-refractivity contribution in [3.05, 3.63) is 53.1 Å². The highest BCUT2D eigenvalue weighted by atomic mass is 19.4. The van der Waals surface area contributed by atoms with Gasteiger partial charge in [0.05, 0.1) is 11.5 Å². The summed E-state index contributed by atoms with van der Waals surface area (Å²) in [5.41, 5.74) is 2.84. The number of aliphatic carboxylic acids is 1. The Labute approximate surface area is 143 Å². The summed E-state index contributed by atoms with van der Waals surface area (Å²) in [7, 11) is 0. The molecule has 0 aliphatic carbocycles. The van der Waals surface area contributed by atoms with Crippen LogP contribution in [0.15, 0.2) is 36.4 Å². The van der Waals surface area contributed by atoms with Gasteiger partial charge >= 0.3 is 12.1 Å². The molecule has 1 heterocycles. The molecule has 0 spiro atoms. The normalized spacial score (nSPS) is 15.2. The van der Waals surface area contributed by atoms with Crippen molar-refractivity contribution in [1.82, 2.24) is 0 Å². The second-order valence-electron chi connectivity index (χ2n) is 6.58. The number of halogens is 3. The summed E-state index contributed by atoms with van der Waals surface area (Å²) in [6.07, 6.45) is -4.39. The van der Waals surface area contributed by atoms with Crippen LogP contribution in [-0.4, -0.2) is 24.2 Å². The molecule has 0 aromatic heterocycles. The van der Waals surface area contributed by atoms with E-state index in [1.807, 2.05) is 30.0 Å². The summed E-state index contributed by atoms with van der Waals surface area (Å²) in [4.78, 5) is 12.9.